The van der Waals surface area contributed by atoms with Gasteiger partial charge in [0.05, 0.1) is 11.9 Å². The van der Waals surface area contributed by atoms with Crippen LogP contribution in [-0.4, -0.2) is 34.7 Å². The molecule has 0 aromatic heterocycles. The second-order valence-electron chi connectivity index (χ2n) is 3.66. The van der Waals surface area contributed by atoms with Crippen LogP contribution in [-0.2, 0) is 4.79 Å². The second kappa shape index (κ2) is 9.36. The van der Waals surface area contributed by atoms with Gasteiger partial charge in [-0.2, -0.15) is 25.3 Å². The van der Waals surface area contributed by atoms with Crippen molar-refractivity contribution in [3.63, 3.8) is 0 Å². The zero-order valence-electron chi connectivity index (χ0n) is 9.15. The Morgan fingerprint density at radius 1 is 1.33 bits per heavy atom. The van der Waals surface area contributed by atoms with Gasteiger partial charge in [-0.05, 0) is 18.1 Å². The molecule has 90 valence electrons. The number of carbonyl (C=O) groups is 1. The number of carbonyl (C=O) groups excluding carboxylic acids is 1. The van der Waals surface area contributed by atoms with Crippen LogP contribution in [0.3, 0.4) is 0 Å². The van der Waals surface area contributed by atoms with Gasteiger partial charge in [-0.1, -0.05) is 19.8 Å². The van der Waals surface area contributed by atoms with Crippen molar-refractivity contribution < 1.29 is 9.90 Å². The van der Waals surface area contributed by atoms with Crippen molar-refractivity contribution in [1.82, 2.24) is 5.32 Å². The predicted octanol–water partition coefficient (Wildman–Crippen LogP) is 1.27. The summed E-state index contributed by atoms with van der Waals surface area (Å²) in [7, 11) is 0. The molecule has 2 N–H and O–H groups in total. The van der Waals surface area contributed by atoms with E-state index in [1.165, 1.54) is 0 Å². The van der Waals surface area contributed by atoms with E-state index in [1.807, 2.05) is 0 Å². The molecule has 0 saturated heterocycles. The molecule has 0 radical (unpaired) electrons. The van der Waals surface area contributed by atoms with Gasteiger partial charge >= 0.3 is 0 Å². The third kappa shape index (κ3) is 9.08. The molecule has 0 aliphatic rings. The van der Waals surface area contributed by atoms with Crippen molar-refractivity contribution >= 4 is 31.2 Å². The highest BCUT2D eigenvalue weighted by Crippen LogP contribution is 2.12. The molecule has 0 aliphatic carbocycles. The smallest absolute Gasteiger partial charge is 0.232 e. The molecule has 0 aliphatic heterocycles. The fourth-order valence-electron chi connectivity index (χ4n) is 1.21. The number of aliphatic hydroxyl groups is 1. The molecule has 0 heterocycles. The number of hydrogen-bond acceptors (Lipinski definition) is 4. The highest BCUT2D eigenvalue weighted by molar-refractivity contribution is 7.81. The Morgan fingerprint density at radius 3 is 2.47 bits per heavy atom. The number of nitrogens with one attached hydrogen (secondary N) is 1. The Balaban J connectivity index is 3.46. The lowest BCUT2D eigenvalue weighted by Gasteiger charge is -2.10. The molecule has 0 aromatic carbocycles. The Labute approximate surface area is 103 Å². The quantitative estimate of drug-likeness (QED) is 0.388. The number of hydrogen-bond donors (Lipinski definition) is 4. The molecular weight excluding hydrogens is 230 g/mol. The standard InChI is InChI=1S/C10H21NO2S2/c1-8(14)4-2-3-5-9(15)10(13)11-6-7-12/h8-9,12,14-15H,2-7H2,1H3,(H,11,13). The zero-order valence-corrected chi connectivity index (χ0v) is 10.9. The van der Waals surface area contributed by atoms with E-state index >= 15 is 0 Å². The SMILES string of the molecule is CC(S)CCCCC(S)C(=O)NCCO. The number of amides is 1. The number of rotatable bonds is 8. The average molecular weight is 251 g/mol. The Bertz CT molecular complexity index is 177. The molecular formula is C10H21NO2S2. The predicted molar refractivity (Wildman–Crippen MR) is 69.8 cm³/mol. The summed E-state index contributed by atoms with van der Waals surface area (Å²) in [5.74, 6) is -0.0914. The Morgan fingerprint density at radius 2 is 1.93 bits per heavy atom. The third-order valence-corrected chi connectivity index (χ3v) is 2.81. The Kier molecular flexibility index (Phi) is 9.44. The highest BCUT2D eigenvalue weighted by atomic mass is 32.1. The number of thiol groups is 2. The summed E-state index contributed by atoms with van der Waals surface area (Å²) in [6.07, 6.45) is 3.92. The molecule has 0 rings (SSSR count). The minimum Gasteiger partial charge on any atom is -0.395 e. The topological polar surface area (TPSA) is 49.3 Å². The van der Waals surface area contributed by atoms with E-state index < -0.39 is 0 Å². The number of aliphatic hydroxyl groups excluding tert-OH is 1. The van der Waals surface area contributed by atoms with Crippen molar-refractivity contribution in [2.45, 2.75) is 43.1 Å². The van der Waals surface area contributed by atoms with Gasteiger partial charge < -0.3 is 10.4 Å². The lowest BCUT2D eigenvalue weighted by atomic mass is 10.1. The lowest BCUT2D eigenvalue weighted by Crippen LogP contribution is -2.33. The van der Waals surface area contributed by atoms with Gasteiger partial charge in [-0.3, -0.25) is 4.79 Å². The van der Waals surface area contributed by atoms with E-state index in [1.54, 1.807) is 0 Å². The third-order valence-electron chi connectivity index (χ3n) is 2.06. The molecule has 15 heavy (non-hydrogen) atoms. The first kappa shape index (κ1) is 15.1. The summed E-state index contributed by atoms with van der Waals surface area (Å²) in [4.78, 5) is 11.3. The maximum atomic E-state index is 11.3. The summed E-state index contributed by atoms with van der Waals surface area (Å²) in [5, 5.41) is 11.3. The summed E-state index contributed by atoms with van der Waals surface area (Å²) in [6, 6.07) is 0. The first-order valence-corrected chi connectivity index (χ1v) is 6.36. The molecule has 0 bridgehead atoms. The van der Waals surface area contributed by atoms with Crippen molar-refractivity contribution in [2.75, 3.05) is 13.2 Å². The lowest BCUT2D eigenvalue weighted by molar-refractivity contribution is -0.120. The molecule has 0 aromatic rings. The summed E-state index contributed by atoms with van der Waals surface area (Å²) >= 11 is 8.49. The highest BCUT2D eigenvalue weighted by Gasteiger charge is 2.12. The maximum absolute atomic E-state index is 11.3. The Hall–Kier alpha value is 0.130. The first-order valence-electron chi connectivity index (χ1n) is 5.32. The second-order valence-corrected chi connectivity index (χ2v) is 5.17. The van der Waals surface area contributed by atoms with Gasteiger partial charge in [0.25, 0.3) is 0 Å². The largest absolute Gasteiger partial charge is 0.395 e. The van der Waals surface area contributed by atoms with Crippen LogP contribution in [0.5, 0.6) is 0 Å². The minimum absolute atomic E-state index is 0.0244. The van der Waals surface area contributed by atoms with Gasteiger partial charge in [-0.15, -0.1) is 0 Å². The van der Waals surface area contributed by atoms with Gasteiger partial charge in [0, 0.05) is 6.54 Å². The average Bonchev–Trinajstić information content (AvgIpc) is 2.20. The molecule has 0 fully saturated rings. The normalized spacial score (nSPS) is 14.7. The van der Waals surface area contributed by atoms with Crippen LogP contribution < -0.4 is 5.32 Å². The number of unbranched alkanes of at least 4 members (excludes halogenated alkanes) is 1. The molecule has 0 spiro atoms. The summed E-state index contributed by atoms with van der Waals surface area (Å²) in [6.45, 7) is 2.35. The van der Waals surface area contributed by atoms with Gasteiger partial charge in [0.2, 0.25) is 5.91 Å². The van der Waals surface area contributed by atoms with Crippen LogP contribution >= 0.6 is 25.3 Å². The van der Waals surface area contributed by atoms with Gasteiger partial charge in [0.15, 0.2) is 0 Å². The van der Waals surface area contributed by atoms with E-state index in [0.29, 0.717) is 11.8 Å². The van der Waals surface area contributed by atoms with E-state index in [-0.39, 0.29) is 17.8 Å². The fourth-order valence-corrected chi connectivity index (χ4v) is 1.66. The van der Waals surface area contributed by atoms with E-state index in [9.17, 15) is 4.79 Å². The van der Waals surface area contributed by atoms with Crippen LogP contribution in [0.4, 0.5) is 0 Å². The molecule has 1 amide bonds. The maximum Gasteiger partial charge on any atom is 0.232 e. The monoisotopic (exact) mass is 251 g/mol. The van der Waals surface area contributed by atoms with Crippen LogP contribution in [0.15, 0.2) is 0 Å². The van der Waals surface area contributed by atoms with Crippen LogP contribution in [0, 0.1) is 0 Å². The van der Waals surface area contributed by atoms with Crippen molar-refractivity contribution in [3.8, 4) is 0 Å². The van der Waals surface area contributed by atoms with E-state index in [2.05, 4.69) is 37.5 Å². The summed E-state index contributed by atoms with van der Waals surface area (Å²) in [5.41, 5.74) is 0. The van der Waals surface area contributed by atoms with E-state index in [4.69, 9.17) is 5.11 Å². The van der Waals surface area contributed by atoms with Crippen molar-refractivity contribution in [1.29, 1.82) is 0 Å². The molecule has 0 saturated carbocycles. The fraction of sp³-hybridized carbons (Fsp3) is 0.900. The summed E-state index contributed by atoms with van der Waals surface area (Å²) < 4.78 is 0. The van der Waals surface area contributed by atoms with Crippen LogP contribution in [0.2, 0.25) is 0 Å². The van der Waals surface area contributed by atoms with Crippen LogP contribution in [0.1, 0.15) is 32.6 Å². The van der Waals surface area contributed by atoms with E-state index in [0.717, 1.165) is 25.7 Å². The molecule has 2 unspecified atom stereocenters. The molecule has 3 nitrogen and oxygen atoms in total. The first-order chi connectivity index (χ1) is 7.07. The van der Waals surface area contributed by atoms with Crippen LogP contribution in [0.25, 0.3) is 0 Å². The zero-order chi connectivity index (χ0) is 11.7. The van der Waals surface area contributed by atoms with Crippen molar-refractivity contribution in [3.05, 3.63) is 0 Å². The molecule has 5 heteroatoms. The minimum atomic E-state index is -0.258. The molecule has 2 atom stereocenters. The van der Waals surface area contributed by atoms with Gasteiger partial charge in [0.1, 0.15) is 0 Å². The van der Waals surface area contributed by atoms with Crippen molar-refractivity contribution in [2.24, 2.45) is 0 Å². The van der Waals surface area contributed by atoms with Gasteiger partial charge in [-0.25, -0.2) is 0 Å².